The average Bonchev–Trinajstić information content (AvgIpc) is 2.38. The van der Waals surface area contributed by atoms with Crippen LogP contribution in [-0.4, -0.2) is 23.0 Å². The maximum absolute atomic E-state index is 11.9. The van der Waals surface area contributed by atoms with Gasteiger partial charge < -0.3 is 10.4 Å². The molecule has 0 unspecified atom stereocenters. The van der Waals surface area contributed by atoms with Crippen LogP contribution in [0.3, 0.4) is 0 Å². The number of hydrogen-bond donors (Lipinski definition) is 2. The molecule has 2 N–H and O–H groups in total. The highest BCUT2D eigenvalue weighted by atomic mass is 16.4. The summed E-state index contributed by atoms with van der Waals surface area (Å²) in [5, 5.41) is 20.0. The first kappa shape index (κ1) is 14.5. The lowest BCUT2D eigenvalue weighted by atomic mass is 9.88. The van der Waals surface area contributed by atoms with E-state index in [0.29, 0.717) is 19.3 Å². The van der Waals surface area contributed by atoms with Crippen LogP contribution < -0.4 is 5.32 Å². The molecule has 18 heavy (non-hydrogen) atoms. The molecule has 1 amide bonds. The molecule has 1 fully saturated rings. The molecule has 0 aromatic heterocycles. The Morgan fingerprint density at radius 2 is 2.00 bits per heavy atom. The molecule has 1 aliphatic rings. The van der Waals surface area contributed by atoms with Gasteiger partial charge >= 0.3 is 5.97 Å². The van der Waals surface area contributed by atoms with Crippen LogP contribution in [0.1, 0.15) is 51.4 Å². The highest BCUT2D eigenvalue weighted by molar-refractivity contribution is 5.84. The predicted molar refractivity (Wildman–Crippen MR) is 65.6 cm³/mol. The fourth-order valence-electron chi connectivity index (χ4n) is 2.30. The molecule has 0 aromatic rings. The summed E-state index contributed by atoms with van der Waals surface area (Å²) in [4.78, 5) is 22.9. The molecule has 1 rings (SSSR count). The van der Waals surface area contributed by atoms with Crippen molar-refractivity contribution in [1.82, 2.24) is 5.32 Å². The summed E-state index contributed by atoms with van der Waals surface area (Å²) in [7, 11) is 0. The molecule has 0 bridgehead atoms. The Morgan fingerprint density at radius 3 is 2.56 bits per heavy atom. The third-order valence-corrected chi connectivity index (χ3v) is 3.37. The highest BCUT2D eigenvalue weighted by Crippen LogP contribution is 2.23. The topological polar surface area (TPSA) is 90.2 Å². The lowest BCUT2D eigenvalue weighted by Gasteiger charge is -2.23. The van der Waals surface area contributed by atoms with Crippen molar-refractivity contribution in [3.05, 3.63) is 0 Å². The molecule has 5 nitrogen and oxygen atoms in total. The van der Waals surface area contributed by atoms with Crippen molar-refractivity contribution in [2.45, 2.75) is 57.4 Å². The summed E-state index contributed by atoms with van der Waals surface area (Å²) < 4.78 is 0. The number of hydrogen-bond acceptors (Lipinski definition) is 3. The van der Waals surface area contributed by atoms with Gasteiger partial charge in [0.05, 0.1) is 6.07 Å². The van der Waals surface area contributed by atoms with Crippen LogP contribution >= 0.6 is 0 Å². The van der Waals surface area contributed by atoms with Gasteiger partial charge in [0.2, 0.25) is 5.91 Å². The monoisotopic (exact) mass is 252 g/mol. The lowest BCUT2D eigenvalue weighted by Crippen LogP contribution is -2.44. The molecule has 1 atom stereocenters. The second-order valence-corrected chi connectivity index (χ2v) is 4.78. The highest BCUT2D eigenvalue weighted by Gasteiger charge is 2.25. The van der Waals surface area contributed by atoms with Gasteiger partial charge in [0.25, 0.3) is 0 Å². The van der Waals surface area contributed by atoms with Gasteiger partial charge in [0.1, 0.15) is 6.04 Å². The molecule has 0 spiro atoms. The van der Waals surface area contributed by atoms with E-state index in [1.165, 1.54) is 0 Å². The van der Waals surface area contributed by atoms with Crippen LogP contribution in [0.15, 0.2) is 0 Å². The van der Waals surface area contributed by atoms with Crippen LogP contribution in [0.5, 0.6) is 0 Å². The zero-order valence-corrected chi connectivity index (χ0v) is 10.5. The molecule has 100 valence electrons. The summed E-state index contributed by atoms with van der Waals surface area (Å²) in [5.74, 6) is -1.19. The smallest absolute Gasteiger partial charge is 0.326 e. The van der Waals surface area contributed by atoms with Crippen LogP contribution in [-0.2, 0) is 9.59 Å². The summed E-state index contributed by atoms with van der Waals surface area (Å²) >= 11 is 0. The van der Waals surface area contributed by atoms with Crippen molar-refractivity contribution in [2.24, 2.45) is 5.92 Å². The van der Waals surface area contributed by atoms with Crippen LogP contribution in [0.2, 0.25) is 0 Å². The predicted octanol–water partition coefficient (Wildman–Crippen LogP) is 1.83. The van der Waals surface area contributed by atoms with E-state index < -0.39 is 12.0 Å². The molecule has 0 heterocycles. The number of nitriles is 1. The molecule has 1 aliphatic carbocycles. The van der Waals surface area contributed by atoms with Crippen molar-refractivity contribution < 1.29 is 14.7 Å². The van der Waals surface area contributed by atoms with Crippen molar-refractivity contribution in [3.8, 4) is 6.07 Å². The fraction of sp³-hybridized carbons (Fsp3) is 0.769. The largest absolute Gasteiger partial charge is 0.480 e. The van der Waals surface area contributed by atoms with Crippen LogP contribution in [0.25, 0.3) is 0 Å². The average molecular weight is 252 g/mol. The van der Waals surface area contributed by atoms with Crippen molar-refractivity contribution in [1.29, 1.82) is 5.26 Å². The Bertz CT molecular complexity index is 330. The minimum Gasteiger partial charge on any atom is -0.480 e. The number of nitrogens with zero attached hydrogens (tertiary/aromatic N) is 1. The minimum absolute atomic E-state index is 0.0310. The zero-order chi connectivity index (χ0) is 13.4. The van der Waals surface area contributed by atoms with Gasteiger partial charge in [-0.15, -0.1) is 0 Å². The maximum atomic E-state index is 11.9. The van der Waals surface area contributed by atoms with Crippen molar-refractivity contribution >= 4 is 11.9 Å². The van der Waals surface area contributed by atoms with E-state index in [2.05, 4.69) is 5.32 Å². The maximum Gasteiger partial charge on any atom is 0.326 e. The minimum atomic E-state index is -1.02. The van der Waals surface area contributed by atoms with E-state index >= 15 is 0 Å². The lowest BCUT2D eigenvalue weighted by molar-refractivity contribution is -0.142. The van der Waals surface area contributed by atoms with Crippen LogP contribution in [0.4, 0.5) is 0 Å². The second kappa shape index (κ2) is 7.70. The number of rotatable bonds is 6. The molecule has 0 saturated heterocycles. The number of carboxylic acid groups (broad SMARTS) is 1. The molecule has 0 aromatic carbocycles. The molecule has 0 aliphatic heterocycles. The van der Waals surface area contributed by atoms with E-state index in [0.717, 1.165) is 32.1 Å². The number of aliphatic carboxylic acids is 1. The van der Waals surface area contributed by atoms with Gasteiger partial charge in [-0.3, -0.25) is 4.79 Å². The zero-order valence-electron chi connectivity index (χ0n) is 10.5. The van der Waals surface area contributed by atoms with Crippen LogP contribution in [0, 0.1) is 17.2 Å². The van der Waals surface area contributed by atoms with Gasteiger partial charge in [-0.05, 0) is 25.7 Å². The molecule has 1 saturated carbocycles. The molecule has 0 radical (unpaired) electrons. The Morgan fingerprint density at radius 1 is 1.33 bits per heavy atom. The third-order valence-electron chi connectivity index (χ3n) is 3.37. The first-order valence-electron chi connectivity index (χ1n) is 6.55. The summed E-state index contributed by atoms with van der Waals surface area (Å²) in [6, 6.07) is 1.12. The standard InChI is InChI=1S/C13H20N2O3/c14-9-5-4-8-11(13(17)18)15-12(16)10-6-2-1-3-7-10/h10-11H,1-8H2,(H,15,16)(H,17,18)/t11-/m1/s1. The molecule has 5 heteroatoms. The molecular weight excluding hydrogens is 232 g/mol. The fourth-order valence-corrected chi connectivity index (χ4v) is 2.30. The van der Waals surface area contributed by atoms with E-state index in [9.17, 15) is 9.59 Å². The SMILES string of the molecule is N#CCCC[C@@H](NC(=O)C1CCCCC1)C(=O)O. The quantitative estimate of drug-likeness (QED) is 0.705. The first-order valence-corrected chi connectivity index (χ1v) is 6.55. The Labute approximate surface area is 107 Å². The summed E-state index contributed by atoms with van der Waals surface area (Å²) in [6.07, 6.45) is 6.11. The normalized spacial score (nSPS) is 17.7. The number of amides is 1. The number of unbranched alkanes of at least 4 members (excludes halogenated alkanes) is 1. The number of carbonyl (C=O) groups is 2. The van der Waals surface area contributed by atoms with Gasteiger partial charge in [0.15, 0.2) is 0 Å². The number of carboxylic acids is 1. The van der Waals surface area contributed by atoms with E-state index in [-0.39, 0.29) is 11.8 Å². The first-order chi connectivity index (χ1) is 8.65. The molecular formula is C13H20N2O3. The van der Waals surface area contributed by atoms with Crippen molar-refractivity contribution in [2.75, 3.05) is 0 Å². The second-order valence-electron chi connectivity index (χ2n) is 4.78. The van der Waals surface area contributed by atoms with E-state index in [4.69, 9.17) is 10.4 Å². The van der Waals surface area contributed by atoms with Gasteiger partial charge in [-0.25, -0.2) is 4.79 Å². The van der Waals surface area contributed by atoms with E-state index in [1.54, 1.807) is 0 Å². The van der Waals surface area contributed by atoms with Crippen molar-refractivity contribution in [3.63, 3.8) is 0 Å². The number of carbonyl (C=O) groups excluding carboxylic acids is 1. The van der Waals surface area contributed by atoms with Gasteiger partial charge in [-0.1, -0.05) is 19.3 Å². The third kappa shape index (κ3) is 4.74. The van der Waals surface area contributed by atoms with E-state index in [1.807, 2.05) is 6.07 Å². The Balaban J connectivity index is 2.41. The Kier molecular flexibility index (Phi) is 6.20. The Hall–Kier alpha value is -1.57. The van der Waals surface area contributed by atoms with Gasteiger partial charge in [0, 0.05) is 12.3 Å². The summed E-state index contributed by atoms with van der Waals surface area (Å²) in [6.45, 7) is 0. The van der Waals surface area contributed by atoms with Gasteiger partial charge in [-0.2, -0.15) is 5.26 Å². The number of nitrogens with one attached hydrogen (secondary N) is 1. The summed E-state index contributed by atoms with van der Waals surface area (Å²) in [5.41, 5.74) is 0.